The van der Waals surface area contributed by atoms with Crippen molar-refractivity contribution < 1.29 is 9.90 Å². The summed E-state index contributed by atoms with van der Waals surface area (Å²) in [5.41, 5.74) is 0.415. The molecule has 11 heavy (non-hydrogen) atoms. The molecule has 0 aromatic heterocycles. The molecule has 62 valence electrons. The highest BCUT2D eigenvalue weighted by atomic mass is 16.4. The fourth-order valence-corrected chi connectivity index (χ4v) is 2.18. The minimum absolute atomic E-state index is 0.415. The molecule has 0 atom stereocenters. The van der Waals surface area contributed by atoms with Crippen LogP contribution in [0.25, 0.3) is 0 Å². The summed E-state index contributed by atoms with van der Waals surface area (Å²) in [5.74, 6) is 0. The molecule has 1 aliphatic carbocycles. The molecular formula is C8H13NO2. The highest BCUT2D eigenvalue weighted by Gasteiger charge is 2.43. The van der Waals surface area contributed by atoms with Gasteiger partial charge in [-0.25, -0.2) is 4.79 Å². The molecule has 0 aromatic carbocycles. The Bertz CT molecular complexity index is 187. The van der Waals surface area contributed by atoms with E-state index in [1.54, 1.807) is 4.90 Å². The smallest absolute Gasteiger partial charge is 0.407 e. The zero-order chi connectivity index (χ0) is 7.90. The molecule has 1 aliphatic heterocycles. The number of carboxylic acid groups (broad SMARTS) is 1. The van der Waals surface area contributed by atoms with Gasteiger partial charge < -0.3 is 10.0 Å². The van der Waals surface area contributed by atoms with Crippen LogP contribution in [-0.4, -0.2) is 29.2 Å². The van der Waals surface area contributed by atoms with E-state index in [0.29, 0.717) is 5.41 Å². The van der Waals surface area contributed by atoms with Gasteiger partial charge >= 0.3 is 6.09 Å². The minimum atomic E-state index is -0.742. The van der Waals surface area contributed by atoms with Crippen LogP contribution in [0.15, 0.2) is 0 Å². The lowest BCUT2D eigenvalue weighted by Gasteiger charge is -2.37. The molecule has 2 rings (SSSR count). The van der Waals surface area contributed by atoms with E-state index in [1.807, 2.05) is 0 Å². The highest BCUT2D eigenvalue weighted by molar-refractivity contribution is 5.65. The molecule has 1 saturated heterocycles. The Balaban J connectivity index is 1.98. The first-order valence-corrected chi connectivity index (χ1v) is 4.20. The summed E-state index contributed by atoms with van der Waals surface area (Å²) in [6.07, 6.45) is 4.15. The van der Waals surface area contributed by atoms with Crippen molar-refractivity contribution in [2.75, 3.05) is 13.1 Å². The number of amides is 1. The largest absolute Gasteiger partial charge is 0.465 e. The van der Waals surface area contributed by atoms with Gasteiger partial charge in [-0.1, -0.05) is 6.42 Å². The lowest BCUT2D eigenvalue weighted by atomic mass is 9.68. The Morgan fingerprint density at radius 1 is 1.36 bits per heavy atom. The first kappa shape index (κ1) is 6.95. The predicted molar refractivity (Wildman–Crippen MR) is 40.5 cm³/mol. The molecule has 1 spiro atoms. The monoisotopic (exact) mass is 155 g/mol. The number of rotatable bonds is 0. The van der Waals surface area contributed by atoms with Crippen LogP contribution in [0.2, 0.25) is 0 Å². The van der Waals surface area contributed by atoms with Gasteiger partial charge in [-0.2, -0.15) is 0 Å². The fraction of sp³-hybridized carbons (Fsp3) is 0.875. The highest BCUT2D eigenvalue weighted by Crippen LogP contribution is 2.47. The maximum Gasteiger partial charge on any atom is 0.407 e. The Labute approximate surface area is 66.0 Å². The normalized spacial score (nSPS) is 27.1. The average Bonchev–Trinajstić information content (AvgIpc) is 2.28. The third kappa shape index (κ3) is 0.988. The third-order valence-corrected chi connectivity index (χ3v) is 3.12. The van der Waals surface area contributed by atoms with Crippen molar-refractivity contribution in [1.82, 2.24) is 4.90 Å². The molecule has 1 heterocycles. The van der Waals surface area contributed by atoms with Crippen LogP contribution >= 0.6 is 0 Å². The Kier molecular flexibility index (Phi) is 1.34. The van der Waals surface area contributed by atoms with Crippen molar-refractivity contribution in [3.8, 4) is 0 Å². The Hall–Kier alpha value is -0.730. The molecule has 2 fully saturated rings. The van der Waals surface area contributed by atoms with Crippen LogP contribution in [0.5, 0.6) is 0 Å². The van der Waals surface area contributed by atoms with Crippen LogP contribution in [0.1, 0.15) is 25.7 Å². The lowest BCUT2D eigenvalue weighted by molar-refractivity contribution is 0.121. The van der Waals surface area contributed by atoms with Gasteiger partial charge in [-0.15, -0.1) is 0 Å². The van der Waals surface area contributed by atoms with Gasteiger partial charge in [0.2, 0.25) is 0 Å². The number of hydrogen-bond acceptors (Lipinski definition) is 1. The van der Waals surface area contributed by atoms with Crippen LogP contribution < -0.4 is 0 Å². The van der Waals surface area contributed by atoms with Crippen molar-refractivity contribution >= 4 is 6.09 Å². The molecule has 1 amide bonds. The number of hydrogen-bond donors (Lipinski definition) is 1. The SMILES string of the molecule is O=C(O)N1CCC2(CCC2)C1. The van der Waals surface area contributed by atoms with Gasteiger partial charge in [0.1, 0.15) is 0 Å². The van der Waals surface area contributed by atoms with Gasteiger partial charge in [-0.05, 0) is 24.7 Å². The van der Waals surface area contributed by atoms with Gasteiger partial charge in [0, 0.05) is 13.1 Å². The molecule has 2 aliphatic rings. The molecule has 0 unspecified atom stereocenters. The molecule has 3 heteroatoms. The summed E-state index contributed by atoms with van der Waals surface area (Å²) in [7, 11) is 0. The van der Waals surface area contributed by atoms with E-state index in [-0.39, 0.29) is 0 Å². The number of likely N-dealkylation sites (tertiary alicyclic amines) is 1. The maximum atomic E-state index is 10.6. The summed E-state index contributed by atoms with van der Waals surface area (Å²) in [5, 5.41) is 8.69. The van der Waals surface area contributed by atoms with E-state index < -0.39 is 6.09 Å². The van der Waals surface area contributed by atoms with E-state index >= 15 is 0 Å². The molecule has 3 nitrogen and oxygen atoms in total. The molecule has 1 saturated carbocycles. The number of carbonyl (C=O) groups is 1. The van der Waals surface area contributed by atoms with Crippen molar-refractivity contribution in [2.24, 2.45) is 5.41 Å². The second-order valence-electron chi connectivity index (χ2n) is 3.81. The molecule has 1 N–H and O–H groups in total. The van der Waals surface area contributed by atoms with E-state index in [2.05, 4.69) is 0 Å². The zero-order valence-corrected chi connectivity index (χ0v) is 6.55. The van der Waals surface area contributed by atoms with Crippen molar-refractivity contribution in [3.63, 3.8) is 0 Å². The van der Waals surface area contributed by atoms with Crippen LogP contribution in [0.4, 0.5) is 4.79 Å². The van der Waals surface area contributed by atoms with Crippen molar-refractivity contribution in [3.05, 3.63) is 0 Å². The average molecular weight is 155 g/mol. The second kappa shape index (κ2) is 2.13. The molecule has 0 bridgehead atoms. The summed E-state index contributed by atoms with van der Waals surface area (Å²) in [6, 6.07) is 0. The van der Waals surface area contributed by atoms with Gasteiger partial charge in [0.15, 0.2) is 0 Å². The zero-order valence-electron chi connectivity index (χ0n) is 6.55. The Morgan fingerprint density at radius 3 is 2.36 bits per heavy atom. The van der Waals surface area contributed by atoms with E-state index in [1.165, 1.54) is 19.3 Å². The third-order valence-electron chi connectivity index (χ3n) is 3.12. The summed E-state index contributed by atoms with van der Waals surface area (Å²) < 4.78 is 0. The van der Waals surface area contributed by atoms with Gasteiger partial charge in [0.05, 0.1) is 0 Å². The summed E-state index contributed by atoms with van der Waals surface area (Å²) >= 11 is 0. The first-order chi connectivity index (χ1) is 5.22. The lowest BCUT2D eigenvalue weighted by Crippen LogP contribution is -2.35. The molecular weight excluding hydrogens is 142 g/mol. The van der Waals surface area contributed by atoms with Crippen LogP contribution in [0.3, 0.4) is 0 Å². The Morgan fingerprint density at radius 2 is 2.09 bits per heavy atom. The van der Waals surface area contributed by atoms with E-state index in [0.717, 1.165) is 19.5 Å². The van der Waals surface area contributed by atoms with Crippen LogP contribution in [0, 0.1) is 5.41 Å². The van der Waals surface area contributed by atoms with Gasteiger partial charge in [-0.3, -0.25) is 0 Å². The first-order valence-electron chi connectivity index (χ1n) is 4.20. The summed E-state index contributed by atoms with van der Waals surface area (Å²) in [6.45, 7) is 1.55. The predicted octanol–water partition coefficient (Wildman–Crippen LogP) is 1.54. The standard InChI is InChI=1S/C8H13NO2/c10-7(11)9-5-4-8(6-9)2-1-3-8/h1-6H2,(H,10,11). The van der Waals surface area contributed by atoms with Crippen LogP contribution in [-0.2, 0) is 0 Å². The fourth-order valence-electron chi connectivity index (χ4n) is 2.18. The minimum Gasteiger partial charge on any atom is -0.465 e. The topological polar surface area (TPSA) is 40.5 Å². The second-order valence-corrected chi connectivity index (χ2v) is 3.81. The van der Waals surface area contributed by atoms with E-state index in [4.69, 9.17) is 5.11 Å². The van der Waals surface area contributed by atoms with Gasteiger partial charge in [0.25, 0.3) is 0 Å². The number of nitrogens with zero attached hydrogens (tertiary/aromatic N) is 1. The van der Waals surface area contributed by atoms with Crippen molar-refractivity contribution in [1.29, 1.82) is 0 Å². The maximum absolute atomic E-state index is 10.6. The summed E-state index contributed by atoms with van der Waals surface area (Å²) in [4.78, 5) is 12.1. The quantitative estimate of drug-likeness (QED) is 0.576. The molecule has 0 aromatic rings. The van der Waals surface area contributed by atoms with E-state index in [9.17, 15) is 4.79 Å². The van der Waals surface area contributed by atoms with Crippen molar-refractivity contribution in [2.45, 2.75) is 25.7 Å². The molecule has 0 radical (unpaired) electrons.